The van der Waals surface area contributed by atoms with E-state index in [1.165, 1.54) is 12.1 Å². The van der Waals surface area contributed by atoms with Gasteiger partial charge in [0.25, 0.3) is 5.56 Å². The van der Waals surface area contributed by atoms with Crippen LogP contribution in [0.15, 0.2) is 35.1 Å². The number of thiazole rings is 1. The summed E-state index contributed by atoms with van der Waals surface area (Å²) in [6, 6.07) is 5.81. The predicted octanol–water partition coefficient (Wildman–Crippen LogP) is 5.16. The van der Waals surface area contributed by atoms with Crippen LogP contribution in [-0.2, 0) is 12.8 Å². The summed E-state index contributed by atoms with van der Waals surface area (Å²) in [5.74, 6) is -3.63. The van der Waals surface area contributed by atoms with Gasteiger partial charge in [-0.2, -0.15) is 26.3 Å². The number of fused-ring (bicyclic) bond motifs is 1. The Bertz CT molecular complexity index is 1150. The van der Waals surface area contributed by atoms with Crippen LogP contribution in [-0.4, -0.2) is 15.6 Å². The summed E-state index contributed by atoms with van der Waals surface area (Å²) < 4.78 is 98.1. The Morgan fingerprint density at radius 2 is 1.80 bits per heavy atom. The lowest BCUT2D eigenvalue weighted by Gasteiger charge is -2.09. The van der Waals surface area contributed by atoms with Gasteiger partial charge < -0.3 is 4.74 Å². The Hall–Kier alpha value is -2.63. The van der Waals surface area contributed by atoms with Crippen molar-refractivity contribution in [2.45, 2.75) is 31.3 Å². The van der Waals surface area contributed by atoms with E-state index in [0.717, 1.165) is 18.2 Å². The van der Waals surface area contributed by atoms with E-state index in [4.69, 9.17) is 4.74 Å². The van der Waals surface area contributed by atoms with Crippen molar-refractivity contribution in [3.05, 3.63) is 62.8 Å². The Labute approximate surface area is 167 Å². The summed E-state index contributed by atoms with van der Waals surface area (Å²) in [7, 11) is 0. The molecule has 0 aliphatic heterocycles. The molecule has 2 atom stereocenters. The first kappa shape index (κ1) is 20.6. The molecule has 1 aliphatic carbocycles. The zero-order valence-corrected chi connectivity index (χ0v) is 15.5. The van der Waals surface area contributed by atoms with Gasteiger partial charge in [0.15, 0.2) is 4.96 Å². The van der Waals surface area contributed by atoms with Crippen LogP contribution in [0.5, 0.6) is 5.75 Å². The van der Waals surface area contributed by atoms with Gasteiger partial charge in [-0.25, -0.2) is 9.37 Å². The van der Waals surface area contributed by atoms with Crippen LogP contribution in [0.3, 0.4) is 0 Å². The molecular weight excluding hydrogens is 441 g/mol. The lowest BCUT2D eigenvalue weighted by Crippen LogP contribution is -2.20. The lowest BCUT2D eigenvalue weighted by molar-refractivity contribution is -0.150. The minimum Gasteiger partial charge on any atom is -0.487 e. The molecule has 2 aromatic heterocycles. The second kappa shape index (κ2) is 6.96. The van der Waals surface area contributed by atoms with E-state index in [-0.39, 0.29) is 34.3 Å². The van der Waals surface area contributed by atoms with Crippen molar-refractivity contribution >= 4 is 16.3 Å². The summed E-state index contributed by atoms with van der Waals surface area (Å²) in [6.07, 6.45) is -10.1. The number of rotatable bonds is 4. The van der Waals surface area contributed by atoms with E-state index < -0.39 is 52.6 Å². The van der Waals surface area contributed by atoms with Gasteiger partial charge in [-0.3, -0.25) is 9.20 Å². The summed E-state index contributed by atoms with van der Waals surface area (Å²) >= 11 is 0.118. The number of benzene rings is 1. The molecule has 2 unspecified atom stereocenters. The molecule has 4 nitrogen and oxygen atoms in total. The zero-order valence-electron chi connectivity index (χ0n) is 14.7. The van der Waals surface area contributed by atoms with Gasteiger partial charge in [0, 0.05) is 12.0 Å². The highest BCUT2D eigenvalue weighted by Crippen LogP contribution is 2.58. The fourth-order valence-electron chi connectivity index (χ4n) is 3.20. The van der Waals surface area contributed by atoms with Crippen molar-refractivity contribution in [3.63, 3.8) is 0 Å². The quantitative estimate of drug-likeness (QED) is 0.514. The molecule has 1 saturated carbocycles. The van der Waals surface area contributed by atoms with Crippen LogP contribution >= 0.6 is 11.3 Å². The monoisotopic (exact) mass is 452 g/mol. The number of alkyl halides is 6. The number of nitrogens with zero attached hydrogens (tertiary/aromatic N) is 2. The zero-order chi connectivity index (χ0) is 21.8. The SMILES string of the molecule is O=c1cc(COc2ccc(F)cc2)nc2sc(C(F)(F)F)c(C3CC3C(F)(F)F)n12. The van der Waals surface area contributed by atoms with E-state index in [1.807, 2.05) is 0 Å². The fraction of sp³-hybridized carbons (Fsp3) is 0.333. The normalized spacial score (nSPS) is 19.3. The smallest absolute Gasteiger partial charge is 0.427 e. The maximum atomic E-state index is 13.5. The summed E-state index contributed by atoms with van der Waals surface area (Å²) in [4.78, 5) is 14.8. The number of aromatic nitrogens is 2. The van der Waals surface area contributed by atoms with Crippen LogP contribution in [0.4, 0.5) is 30.7 Å². The topological polar surface area (TPSA) is 43.6 Å². The van der Waals surface area contributed by atoms with Crippen molar-refractivity contribution in [1.82, 2.24) is 9.38 Å². The molecule has 0 spiro atoms. The van der Waals surface area contributed by atoms with Crippen molar-refractivity contribution in [2.75, 3.05) is 0 Å². The first-order chi connectivity index (χ1) is 13.9. The molecular formula is C18H11F7N2O2S. The molecule has 4 rings (SSSR count). The van der Waals surface area contributed by atoms with Crippen molar-refractivity contribution in [1.29, 1.82) is 0 Å². The van der Waals surface area contributed by atoms with E-state index in [1.54, 1.807) is 0 Å². The van der Waals surface area contributed by atoms with E-state index in [2.05, 4.69) is 4.98 Å². The van der Waals surface area contributed by atoms with Crippen molar-refractivity contribution in [2.24, 2.45) is 5.92 Å². The maximum Gasteiger partial charge on any atom is 0.427 e. The lowest BCUT2D eigenvalue weighted by atomic mass is 10.2. The molecule has 12 heteroatoms. The number of ether oxygens (including phenoxy) is 1. The molecule has 0 N–H and O–H groups in total. The Morgan fingerprint density at radius 3 is 2.37 bits per heavy atom. The summed E-state index contributed by atoms with van der Waals surface area (Å²) in [5, 5.41) is 0. The predicted molar refractivity (Wildman–Crippen MR) is 92.0 cm³/mol. The second-order valence-corrected chi connectivity index (χ2v) is 7.73. The number of hydrogen-bond donors (Lipinski definition) is 0. The molecule has 30 heavy (non-hydrogen) atoms. The third-order valence-corrected chi connectivity index (χ3v) is 5.73. The molecule has 0 bridgehead atoms. The molecule has 1 aliphatic rings. The molecule has 1 fully saturated rings. The van der Waals surface area contributed by atoms with Crippen LogP contribution in [0.1, 0.15) is 28.6 Å². The van der Waals surface area contributed by atoms with Gasteiger partial charge in [-0.05, 0) is 30.7 Å². The largest absolute Gasteiger partial charge is 0.487 e. The van der Waals surface area contributed by atoms with Crippen LogP contribution in [0.25, 0.3) is 4.96 Å². The highest BCUT2D eigenvalue weighted by atomic mass is 32.1. The molecule has 2 heterocycles. The van der Waals surface area contributed by atoms with Gasteiger partial charge in [0.2, 0.25) is 0 Å². The Morgan fingerprint density at radius 1 is 1.13 bits per heavy atom. The molecule has 0 amide bonds. The molecule has 0 saturated heterocycles. The van der Waals surface area contributed by atoms with E-state index in [9.17, 15) is 35.5 Å². The molecule has 160 valence electrons. The average Bonchev–Trinajstić information content (AvgIpc) is 3.34. The van der Waals surface area contributed by atoms with E-state index in [0.29, 0.717) is 4.40 Å². The minimum absolute atomic E-state index is 0.00554. The highest BCUT2D eigenvalue weighted by molar-refractivity contribution is 7.17. The summed E-state index contributed by atoms with van der Waals surface area (Å²) in [6.45, 7) is -0.291. The first-order valence-corrected chi connectivity index (χ1v) is 9.34. The number of halogens is 7. The van der Waals surface area contributed by atoms with Crippen molar-refractivity contribution < 1.29 is 35.5 Å². The van der Waals surface area contributed by atoms with Gasteiger partial charge in [-0.1, -0.05) is 11.3 Å². The maximum absolute atomic E-state index is 13.5. The van der Waals surface area contributed by atoms with Crippen molar-refractivity contribution in [3.8, 4) is 5.75 Å². The number of hydrogen-bond acceptors (Lipinski definition) is 4. The van der Waals surface area contributed by atoms with Crippen LogP contribution < -0.4 is 10.3 Å². The van der Waals surface area contributed by atoms with E-state index >= 15 is 0 Å². The fourth-order valence-corrected chi connectivity index (χ4v) is 4.29. The Kier molecular flexibility index (Phi) is 4.79. The summed E-state index contributed by atoms with van der Waals surface area (Å²) in [5.41, 5.74) is -1.63. The first-order valence-electron chi connectivity index (χ1n) is 8.53. The third-order valence-electron chi connectivity index (χ3n) is 4.63. The molecule has 3 aromatic rings. The van der Waals surface area contributed by atoms with Gasteiger partial charge in [0.1, 0.15) is 23.1 Å². The van der Waals surface area contributed by atoms with Crippen LogP contribution in [0.2, 0.25) is 0 Å². The standard InChI is InChI=1S/C18H11F7N2O2S/c19-8-1-3-10(4-2-8)29-7-9-5-13(28)27-14(11-6-12(11)17(20,21)22)15(18(23,24)25)30-16(27)26-9/h1-5,11-12H,6-7H2. The average molecular weight is 452 g/mol. The Balaban J connectivity index is 1.71. The molecule has 0 radical (unpaired) electrons. The third kappa shape index (κ3) is 3.87. The molecule has 1 aromatic carbocycles. The minimum atomic E-state index is -4.93. The second-order valence-electron chi connectivity index (χ2n) is 6.75. The van der Waals surface area contributed by atoms with Crippen LogP contribution in [0, 0.1) is 11.7 Å². The van der Waals surface area contributed by atoms with Gasteiger partial charge in [-0.15, -0.1) is 0 Å². The van der Waals surface area contributed by atoms with Gasteiger partial charge in [0.05, 0.1) is 17.3 Å². The highest BCUT2D eigenvalue weighted by Gasteiger charge is 2.59. The van der Waals surface area contributed by atoms with Gasteiger partial charge >= 0.3 is 12.4 Å².